The summed E-state index contributed by atoms with van der Waals surface area (Å²) in [5.41, 5.74) is 0. The maximum absolute atomic E-state index is 3.44. The van der Waals surface area contributed by atoms with Gasteiger partial charge in [-0.05, 0) is 58.5 Å². The van der Waals surface area contributed by atoms with Crippen LogP contribution in [0.4, 0.5) is 0 Å². The van der Waals surface area contributed by atoms with E-state index < -0.39 is 0 Å². The zero-order chi connectivity index (χ0) is 9.97. The Labute approximate surface area is 88.1 Å². The molecule has 0 aromatic carbocycles. The SMILES string of the molecule is CC(C)N(CC1CCNCC1)C1CC1. The number of piperidine rings is 1. The van der Waals surface area contributed by atoms with Gasteiger partial charge in [0.15, 0.2) is 0 Å². The highest BCUT2D eigenvalue weighted by Crippen LogP contribution is 2.30. The Morgan fingerprint density at radius 2 is 1.79 bits per heavy atom. The Bertz CT molecular complexity index is 167. The number of nitrogens with one attached hydrogen (secondary N) is 1. The van der Waals surface area contributed by atoms with Gasteiger partial charge in [0.2, 0.25) is 0 Å². The summed E-state index contributed by atoms with van der Waals surface area (Å²) in [7, 11) is 0. The van der Waals surface area contributed by atoms with Gasteiger partial charge < -0.3 is 5.32 Å². The quantitative estimate of drug-likeness (QED) is 0.738. The largest absolute Gasteiger partial charge is 0.317 e. The number of nitrogens with zero attached hydrogens (tertiary/aromatic N) is 1. The first-order chi connectivity index (χ1) is 6.77. The van der Waals surface area contributed by atoms with Crippen LogP contribution in [-0.2, 0) is 0 Å². The molecule has 2 rings (SSSR count). The lowest BCUT2D eigenvalue weighted by atomic mass is 9.97. The van der Waals surface area contributed by atoms with Crippen LogP contribution in [0, 0.1) is 5.92 Å². The highest BCUT2D eigenvalue weighted by molar-refractivity contribution is 4.88. The average molecular weight is 196 g/mol. The van der Waals surface area contributed by atoms with E-state index in [2.05, 4.69) is 24.1 Å². The van der Waals surface area contributed by atoms with Crippen LogP contribution in [0.5, 0.6) is 0 Å². The number of rotatable bonds is 4. The minimum atomic E-state index is 0.748. The molecule has 1 aliphatic carbocycles. The molecule has 2 nitrogen and oxygen atoms in total. The highest BCUT2D eigenvalue weighted by atomic mass is 15.2. The lowest BCUT2D eigenvalue weighted by Crippen LogP contribution is -2.40. The molecule has 2 aliphatic rings. The molecule has 82 valence electrons. The molecule has 14 heavy (non-hydrogen) atoms. The summed E-state index contributed by atoms with van der Waals surface area (Å²) >= 11 is 0. The van der Waals surface area contributed by atoms with Crippen LogP contribution >= 0.6 is 0 Å². The monoisotopic (exact) mass is 196 g/mol. The first kappa shape index (κ1) is 10.4. The molecule has 1 aliphatic heterocycles. The fourth-order valence-corrected chi connectivity index (χ4v) is 2.55. The van der Waals surface area contributed by atoms with Gasteiger partial charge in [-0.2, -0.15) is 0 Å². The van der Waals surface area contributed by atoms with Crippen molar-refractivity contribution in [2.75, 3.05) is 19.6 Å². The van der Waals surface area contributed by atoms with Crippen LogP contribution in [0.2, 0.25) is 0 Å². The van der Waals surface area contributed by atoms with E-state index in [1.807, 2.05) is 0 Å². The minimum Gasteiger partial charge on any atom is -0.317 e. The van der Waals surface area contributed by atoms with Crippen molar-refractivity contribution in [1.29, 1.82) is 0 Å². The molecule has 0 amide bonds. The molecule has 0 aromatic rings. The van der Waals surface area contributed by atoms with Gasteiger partial charge in [0.1, 0.15) is 0 Å². The van der Waals surface area contributed by atoms with E-state index in [1.54, 1.807) is 0 Å². The van der Waals surface area contributed by atoms with Crippen molar-refractivity contribution in [3.63, 3.8) is 0 Å². The van der Waals surface area contributed by atoms with Crippen molar-refractivity contribution in [2.24, 2.45) is 5.92 Å². The van der Waals surface area contributed by atoms with Crippen molar-refractivity contribution >= 4 is 0 Å². The molecule has 0 unspecified atom stereocenters. The smallest absolute Gasteiger partial charge is 0.00992 e. The molecular weight excluding hydrogens is 172 g/mol. The summed E-state index contributed by atoms with van der Waals surface area (Å²) in [6.45, 7) is 8.52. The van der Waals surface area contributed by atoms with Gasteiger partial charge in [-0.25, -0.2) is 0 Å². The molecule has 1 heterocycles. The Morgan fingerprint density at radius 3 is 2.29 bits per heavy atom. The fourth-order valence-electron chi connectivity index (χ4n) is 2.55. The van der Waals surface area contributed by atoms with Crippen LogP contribution in [0.25, 0.3) is 0 Å². The van der Waals surface area contributed by atoms with Crippen LogP contribution < -0.4 is 5.32 Å². The van der Waals surface area contributed by atoms with Crippen molar-refractivity contribution in [2.45, 2.75) is 51.6 Å². The lowest BCUT2D eigenvalue weighted by Gasteiger charge is -2.32. The van der Waals surface area contributed by atoms with Gasteiger partial charge in [0.05, 0.1) is 0 Å². The maximum atomic E-state index is 3.44. The van der Waals surface area contributed by atoms with Crippen LogP contribution in [0.3, 0.4) is 0 Å². The van der Waals surface area contributed by atoms with Gasteiger partial charge in [-0.1, -0.05) is 0 Å². The molecule has 2 heteroatoms. The Morgan fingerprint density at radius 1 is 1.14 bits per heavy atom. The molecule has 0 aromatic heterocycles. The second-order valence-corrected chi connectivity index (χ2v) is 5.22. The Balaban J connectivity index is 1.79. The molecular formula is C12H24N2. The predicted octanol–water partition coefficient (Wildman–Crippen LogP) is 1.86. The second kappa shape index (κ2) is 4.63. The summed E-state index contributed by atoms with van der Waals surface area (Å²) in [6.07, 6.45) is 5.66. The zero-order valence-corrected chi connectivity index (χ0v) is 9.63. The fraction of sp³-hybridized carbons (Fsp3) is 1.00. The summed E-state index contributed by atoms with van der Waals surface area (Å²) in [5.74, 6) is 0.958. The molecule has 0 atom stereocenters. The molecule has 0 radical (unpaired) electrons. The topological polar surface area (TPSA) is 15.3 Å². The molecule has 1 N–H and O–H groups in total. The summed E-state index contributed by atoms with van der Waals surface area (Å²) in [4.78, 5) is 2.73. The minimum absolute atomic E-state index is 0.748. The summed E-state index contributed by atoms with van der Waals surface area (Å²) < 4.78 is 0. The van der Waals surface area contributed by atoms with E-state index in [-0.39, 0.29) is 0 Å². The standard InChI is InChI=1S/C12H24N2/c1-10(2)14(12-3-4-12)9-11-5-7-13-8-6-11/h10-13H,3-9H2,1-2H3. The molecule has 1 saturated heterocycles. The molecule has 2 fully saturated rings. The van der Waals surface area contributed by atoms with Crippen LogP contribution in [0.1, 0.15) is 39.5 Å². The van der Waals surface area contributed by atoms with Crippen LogP contribution in [0.15, 0.2) is 0 Å². The molecule has 0 bridgehead atoms. The van der Waals surface area contributed by atoms with E-state index >= 15 is 0 Å². The summed E-state index contributed by atoms with van der Waals surface area (Å²) in [5, 5.41) is 3.44. The molecule has 0 spiro atoms. The van der Waals surface area contributed by atoms with Crippen LogP contribution in [-0.4, -0.2) is 36.6 Å². The first-order valence-corrected chi connectivity index (χ1v) is 6.24. The first-order valence-electron chi connectivity index (χ1n) is 6.24. The third-order valence-corrected chi connectivity index (χ3v) is 3.61. The Hall–Kier alpha value is -0.0800. The lowest BCUT2D eigenvalue weighted by molar-refractivity contribution is 0.161. The normalized spacial score (nSPS) is 24.9. The predicted molar refractivity (Wildman–Crippen MR) is 60.5 cm³/mol. The van der Waals surface area contributed by atoms with E-state index in [9.17, 15) is 0 Å². The third kappa shape index (κ3) is 2.71. The number of hydrogen-bond acceptors (Lipinski definition) is 2. The van der Waals surface area contributed by atoms with Gasteiger partial charge in [-0.3, -0.25) is 4.90 Å². The number of hydrogen-bond donors (Lipinski definition) is 1. The highest BCUT2D eigenvalue weighted by Gasteiger charge is 2.32. The second-order valence-electron chi connectivity index (χ2n) is 5.22. The zero-order valence-electron chi connectivity index (χ0n) is 9.63. The van der Waals surface area contributed by atoms with Crippen molar-refractivity contribution in [1.82, 2.24) is 10.2 Å². The van der Waals surface area contributed by atoms with Gasteiger partial charge >= 0.3 is 0 Å². The van der Waals surface area contributed by atoms with Gasteiger partial charge in [-0.15, -0.1) is 0 Å². The van der Waals surface area contributed by atoms with Gasteiger partial charge in [0.25, 0.3) is 0 Å². The van der Waals surface area contributed by atoms with E-state index in [1.165, 1.54) is 45.3 Å². The van der Waals surface area contributed by atoms with E-state index in [0.717, 1.165) is 18.0 Å². The average Bonchev–Trinajstić information content (AvgIpc) is 2.99. The van der Waals surface area contributed by atoms with Crippen molar-refractivity contribution < 1.29 is 0 Å². The van der Waals surface area contributed by atoms with E-state index in [4.69, 9.17) is 0 Å². The van der Waals surface area contributed by atoms with Crippen molar-refractivity contribution in [3.8, 4) is 0 Å². The van der Waals surface area contributed by atoms with Crippen molar-refractivity contribution in [3.05, 3.63) is 0 Å². The maximum Gasteiger partial charge on any atom is 0.00992 e. The van der Waals surface area contributed by atoms with Gasteiger partial charge in [0, 0.05) is 18.6 Å². The molecule has 1 saturated carbocycles. The summed E-state index contributed by atoms with van der Waals surface area (Å²) in [6, 6.07) is 1.68. The third-order valence-electron chi connectivity index (χ3n) is 3.61. The van der Waals surface area contributed by atoms with E-state index in [0.29, 0.717) is 0 Å². The Kier molecular flexibility index (Phi) is 3.45.